The summed E-state index contributed by atoms with van der Waals surface area (Å²) < 4.78 is 0. The van der Waals surface area contributed by atoms with E-state index in [1.807, 2.05) is 10.6 Å². The Morgan fingerprint density at radius 1 is 0.500 bits per heavy atom. The van der Waals surface area contributed by atoms with E-state index in [9.17, 15) is 19.2 Å². The molecule has 0 aromatic carbocycles. The lowest BCUT2D eigenvalue weighted by atomic mass is 10.0. The van der Waals surface area contributed by atoms with Crippen LogP contribution in [-0.4, -0.2) is 23.6 Å². The molecule has 0 aromatic heterocycles. The molecule has 0 radical (unpaired) electrons. The Morgan fingerprint density at radius 3 is 0.800 bits per heavy atom. The van der Waals surface area contributed by atoms with Gasteiger partial charge in [-0.25, -0.2) is 0 Å². The van der Waals surface area contributed by atoms with Crippen molar-refractivity contribution in [1.29, 1.82) is 0 Å². The topological polar surface area (TPSA) is 92.3 Å². The number of hydrogen-bond donors (Lipinski definition) is 2. The third-order valence-electron chi connectivity index (χ3n) is 2.76. The van der Waals surface area contributed by atoms with Crippen LogP contribution in [0.4, 0.5) is 0 Å². The lowest BCUT2D eigenvalue weighted by molar-refractivity contribution is -0.125. The molecule has 1 aliphatic carbocycles. The summed E-state index contributed by atoms with van der Waals surface area (Å²) in [6.45, 7) is 0. The predicted octanol–water partition coefficient (Wildman–Crippen LogP) is 0.739. The minimum absolute atomic E-state index is 0.329. The Kier molecular flexibility index (Phi) is 6.95. The maximum absolute atomic E-state index is 10.0. The van der Waals surface area contributed by atoms with Gasteiger partial charge in [-0.05, 0) is 0 Å². The molecule has 0 atom stereocenters. The van der Waals surface area contributed by atoms with Gasteiger partial charge in [-0.15, -0.1) is 0 Å². The second-order valence-corrected chi connectivity index (χ2v) is 4.49. The normalized spacial score (nSPS) is 19.6. The Hall–Kier alpha value is -2.24. The van der Waals surface area contributed by atoms with Gasteiger partial charge in [0, 0.05) is 24.3 Å². The van der Waals surface area contributed by atoms with Crippen LogP contribution in [0.15, 0.2) is 24.3 Å². The number of nitrogens with one attached hydrogen (secondary N) is 2. The van der Waals surface area contributed by atoms with Gasteiger partial charge in [0.1, 0.15) is 0 Å². The van der Waals surface area contributed by atoms with Gasteiger partial charge in [0.2, 0.25) is 0 Å². The summed E-state index contributed by atoms with van der Waals surface area (Å²) in [5, 5.41) is 4.06. The first-order valence-corrected chi connectivity index (χ1v) is 6.64. The van der Waals surface area contributed by atoms with Gasteiger partial charge < -0.3 is 0 Å². The Balaban J connectivity index is 0.000000151. The van der Waals surface area contributed by atoms with Crippen molar-refractivity contribution < 1.29 is 19.2 Å². The van der Waals surface area contributed by atoms with Crippen molar-refractivity contribution in [2.24, 2.45) is 0 Å². The highest BCUT2D eigenvalue weighted by Crippen LogP contribution is 2.15. The summed E-state index contributed by atoms with van der Waals surface area (Å²) in [4.78, 5) is 40.1. The van der Waals surface area contributed by atoms with Gasteiger partial charge in [0.05, 0.1) is 0 Å². The maximum atomic E-state index is 10.0. The minimum atomic E-state index is -0.329. The summed E-state index contributed by atoms with van der Waals surface area (Å²) >= 11 is 0. The molecule has 2 heterocycles. The van der Waals surface area contributed by atoms with E-state index in [-0.39, 0.29) is 23.6 Å². The zero-order valence-electron chi connectivity index (χ0n) is 11.2. The molecule has 1 saturated carbocycles. The van der Waals surface area contributed by atoms with Gasteiger partial charge in [0.15, 0.2) is 0 Å². The van der Waals surface area contributed by atoms with E-state index >= 15 is 0 Å². The van der Waals surface area contributed by atoms with E-state index in [2.05, 4.69) is 0 Å². The van der Waals surface area contributed by atoms with Crippen LogP contribution in [0.25, 0.3) is 0 Å². The summed E-state index contributed by atoms with van der Waals surface area (Å²) in [5.74, 6) is -1.31. The summed E-state index contributed by atoms with van der Waals surface area (Å²) in [7, 11) is 0. The number of hydrogen-bond acceptors (Lipinski definition) is 4. The molecule has 3 rings (SSSR count). The quantitative estimate of drug-likeness (QED) is 0.639. The first-order chi connectivity index (χ1) is 9.58. The third-order valence-corrected chi connectivity index (χ3v) is 2.76. The Bertz CT molecular complexity index is 369. The summed E-state index contributed by atoms with van der Waals surface area (Å²) in [5.41, 5.74) is 0. The van der Waals surface area contributed by atoms with Crippen molar-refractivity contribution in [3.63, 3.8) is 0 Å². The fourth-order valence-corrected chi connectivity index (χ4v) is 1.77. The molecule has 6 nitrogen and oxygen atoms in total. The van der Waals surface area contributed by atoms with Gasteiger partial charge in [-0.2, -0.15) is 0 Å². The van der Waals surface area contributed by atoms with Gasteiger partial charge >= 0.3 is 0 Å². The van der Waals surface area contributed by atoms with Crippen molar-refractivity contribution in [3.8, 4) is 0 Å². The van der Waals surface area contributed by atoms with Crippen molar-refractivity contribution in [1.82, 2.24) is 10.6 Å². The SMILES string of the molecule is C1CCCCC1.O=C1C=CC(=O)N1.O=C1C=CC(=O)N1. The average Bonchev–Trinajstić information content (AvgIpc) is 3.01. The molecular weight excluding hydrogens is 260 g/mol. The number of carbonyl (C=O) groups excluding carboxylic acids is 4. The Morgan fingerprint density at radius 2 is 0.700 bits per heavy atom. The highest BCUT2D eigenvalue weighted by Gasteiger charge is 2.07. The molecule has 0 bridgehead atoms. The van der Waals surface area contributed by atoms with Crippen molar-refractivity contribution in [3.05, 3.63) is 24.3 Å². The second kappa shape index (κ2) is 8.79. The van der Waals surface area contributed by atoms with Gasteiger partial charge in [0.25, 0.3) is 23.6 Å². The van der Waals surface area contributed by atoms with Crippen LogP contribution in [0.1, 0.15) is 38.5 Å². The van der Waals surface area contributed by atoms with Crippen molar-refractivity contribution in [2.75, 3.05) is 0 Å². The zero-order valence-corrected chi connectivity index (χ0v) is 11.2. The van der Waals surface area contributed by atoms with E-state index in [0.29, 0.717) is 0 Å². The molecule has 0 saturated heterocycles. The van der Waals surface area contributed by atoms with Crippen molar-refractivity contribution in [2.45, 2.75) is 38.5 Å². The smallest absolute Gasteiger partial charge is 0.250 e. The zero-order chi connectivity index (χ0) is 14.8. The fraction of sp³-hybridized carbons (Fsp3) is 0.429. The molecule has 2 N–H and O–H groups in total. The molecule has 20 heavy (non-hydrogen) atoms. The number of carbonyl (C=O) groups is 4. The van der Waals surface area contributed by atoms with Gasteiger partial charge in [-0.1, -0.05) is 38.5 Å². The molecule has 0 aromatic rings. The van der Waals surface area contributed by atoms with Crippen LogP contribution < -0.4 is 10.6 Å². The van der Waals surface area contributed by atoms with E-state index in [1.165, 1.54) is 62.8 Å². The molecule has 0 unspecified atom stereocenters. The number of amides is 4. The Labute approximate surface area is 117 Å². The van der Waals surface area contributed by atoms with Crippen LogP contribution in [0.2, 0.25) is 0 Å². The first kappa shape index (κ1) is 15.8. The number of rotatable bonds is 0. The highest BCUT2D eigenvalue weighted by molar-refractivity contribution is 6.13. The van der Waals surface area contributed by atoms with Crippen LogP contribution in [0.3, 0.4) is 0 Å². The molecule has 3 aliphatic rings. The third kappa shape index (κ3) is 7.25. The standard InChI is InChI=1S/C6H12.2C4H3NO2/c1-2-4-6-5-3-1;2*6-3-1-2-4(7)5-3/h1-6H2;2*1-2H,(H,5,6,7). The fourth-order valence-electron chi connectivity index (χ4n) is 1.77. The van der Waals surface area contributed by atoms with E-state index in [0.717, 1.165) is 0 Å². The van der Waals surface area contributed by atoms with Crippen LogP contribution in [-0.2, 0) is 19.2 Å². The maximum Gasteiger partial charge on any atom is 0.250 e. The molecule has 4 amide bonds. The van der Waals surface area contributed by atoms with E-state index < -0.39 is 0 Å². The minimum Gasteiger partial charge on any atom is -0.289 e. The lowest BCUT2D eigenvalue weighted by Gasteiger charge is -2.05. The number of imide groups is 2. The van der Waals surface area contributed by atoms with Crippen LogP contribution in [0.5, 0.6) is 0 Å². The second-order valence-electron chi connectivity index (χ2n) is 4.49. The van der Waals surface area contributed by atoms with Crippen molar-refractivity contribution >= 4 is 23.6 Å². The molecular formula is C14H18N2O4. The molecule has 2 aliphatic heterocycles. The van der Waals surface area contributed by atoms with Crippen LogP contribution >= 0.6 is 0 Å². The van der Waals surface area contributed by atoms with Gasteiger partial charge in [-0.3, -0.25) is 29.8 Å². The highest BCUT2D eigenvalue weighted by atomic mass is 16.2. The first-order valence-electron chi connectivity index (χ1n) is 6.64. The summed E-state index contributed by atoms with van der Waals surface area (Å²) in [6.07, 6.45) is 13.8. The van der Waals surface area contributed by atoms with E-state index in [4.69, 9.17) is 0 Å². The molecule has 1 fully saturated rings. The summed E-state index contributed by atoms with van der Waals surface area (Å²) in [6, 6.07) is 0. The van der Waals surface area contributed by atoms with E-state index in [1.54, 1.807) is 0 Å². The molecule has 108 valence electrons. The lowest BCUT2D eigenvalue weighted by Crippen LogP contribution is -2.19. The average molecular weight is 278 g/mol. The molecule has 6 heteroatoms. The predicted molar refractivity (Wildman–Crippen MR) is 72.3 cm³/mol. The monoisotopic (exact) mass is 278 g/mol. The largest absolute Gasteiger partial charge is 0.289 e. The van der Waals surface area contributed by atoms with Crippen LogP contribution in [0, 0.1) is 0 Å². The molecule has 0 spiro atoms.